The largest absolute Gasteiger partial charge is 0.481 e. The van der Waals surface area contributed by atoms with Gasteiger partial charge in [0.25, 0.3) is 0 Å². The Morgan fingerprint density at radius 3 is 2.64 bits per heavy atom. The van der Waals surface area contributed by atoms with Crippen molar-refractivity contribution in [3.63, 3.8) is 0 Å². The molecule has 1 saturated carbocycles. The van der Waals surface area contributed by atoms with E-state index >= 15 is 0 Å². The molecule has 0 heterocycles. The summed E-state index contributed by atoms with van der Waals surface area (Å²) in [7, 11) is 0. The van der Waals surface area contributed by atoms with Crippen LogP contribution in [0.1, 0.15) is 71.1 Å². The number of Topliss-reactive ketones (excluding diaryl/α,β-unsaturated/α-hetero) is 1. The average Bonchev–Trinajstić information content (AvgIpc) is 2.91. The number of carboxylic acid groups (broad SMARTS) is 1. The van der Waals surface area contributed by atoms with Gasteiger partial charge in [-0.05, 0) is 32.1 Å². The van der Waals surface area contributed by atoms with Crippen molar-refractivity contribution in [1.29, 1.82) is 0 Å². The van der Waals surface area contributed by atoms with Gasteiger partial charge in [0.1, 0.15) is 5.78 Å². The third-order valence-electron chi connectivity index (χ3n) is 5.48. The van der Waals surface area contributed by atoms with Crippen molar-refractivity contribution in [2.45, 2.75) is 82.8 Å². The number of aliphatic hydroxyl groups is 2. The Kier molecular flexibility index (Phi) is 11.0. The minimum absolute atomic E-state index is 0.0288. The normalized spacial score (nSPS) is 24.8. The molecule has 28 heavy (non-hydrogen) atoms. The molecule has 0 aliphatic heterocycles. The number of rotatable bonds is 14. The smallest absolute Gasteiger partial charge is 0.303 e. The summed E-state index contributed by atoms with van der Waals surface area (Å²) >= 11 is 0. The van der Waals surface area contributed by atoms with Crippen LogP contribution in [0.4, 0.5) is 0 Å². The fourth-order valence-corrected chi connectivity index (χ4v) is 3.66. The second kappa shape index (κ2) is 12.7. The maximum absolute atomic E-state index is 12.3. The number of hydrogen-bond donors (Lipinski definition) is 3. The lowest BCUT2D eigenvalue weighted by molar-refractivity contribution is -0.137. The van der Waals surface area contributed by atoms with Gasteiger partial charge in [-0.15, -0.1) is 6.58 Å². The topological polar surface area (TPSA) is 94.8 Å². The van der Waals surface area contributed by atoms with Crippen LogP contribution in [0.5, 0.6) is 0 Å². The van der Waals surface area contributed by atoms with E-state index in [0.29, 0.717) is 32.1 Å². The lowest BCUT2D eigenvalue weighted by Gasteiger charge is -2.23. The lowest BCUT2D eigenvalue weighted by Crippen LogP contribution is -2.25. The predicted octanol–water partition coefficient (Wildman–Crippen LogP) is 4.20. The van der Waals surface area contributed by atoms with E-state index in [4.69, 9.17) is 5.11 Å². The Morgan fingerprint density at radius 1 is 1.25 bits per heavy atom. The highest BCUT2D eigenvalue weighted by Gasteiger charge is 2.39. The van der Waals surface area contributed by atoms with Crippen LogP contribution in [0.25, 0.3) is 0 Å². The summed E-state index contributed by atoms with van der Waals surface area (Å²) < 4.78 is 0. The zero-order valence-electron chi connectivity index (χ0n) is 17.1. The Hall–Kier alpha value is -1.72. The molecule has 1 unspecified atom stereocenters. The molecule has 0 bridgehead atoms. The second-order valence-corrected chi connectivity index (χ2v) is 7.82. The summed E-state index contributed by atoms with van der Waals surface area (Å²) in [4.78, 5) is 22.8. The molecule has 0 saturated heterocycles. The highest BCUT2D eigenvalue weighted by molar-refractivity contribution is 5.86. The summed E-state index contributed by atoms with van der Waals surface area (Å²) in [5, 5.41) is 29.5. The van der Waals surface area contributed by atoms with Crippen molar-refractivity contribution in [2.24, 2.45) is 11.8 Å². The third-order valence-corrected chi connectivity index (χ3v) is 5.48. The van der Waals surface area contributed by atoms with E-state index in [2.05, 4.69) is 13.5 Å². The summed E-state index contributed by atoms with van der Waals surface area (Å²) in [5.74, 6) is -1.29. The highest BCUT2D eigenvalue weighted by Crippen LogP contribution is 2.34. The van der Waals surface area contributed by atoms with E-state index in [9.17, 15) is 19.8 Å². The summed E-state index contributed by atoms with van der Waals surface area (Å²) in [6.07, 6.45) is 14.7. The maximum atomic E-state index is 12.3. The molecular weight excluding hydrogens is 356 g/mol. The van der Waals surface area contributed by atoms with Crippen molar-refractivity contribution in [3.8, 4) is 0 Å². The van der Waals surface area contributed by atoms with Gasteiger partial charge >= 0.3 is 5.97 Å². The van der Waals surface area contributed by atoms with E-state index < -0.39 is 17.7 Å². The second-order valence-electron chi connectivity index (χ2n) is 7.82. The van der Waals surface area contributed by atoms with Gasteiger partial charge in [-0.2, -0.15) is 0 Å². The Balaban J connectivity index is 2.58. The fourth-order valence-electron chi connectivity index (χ4n) is 3.66. The Morgan fingerprint density at radius 2 is 2.00 bits per heavy atom. The summed E-state index contributed by atoms with van der Waals surface area (Å²) in [6, 6.07) is 0. The van der Waals surface area contributed by atoms with Gasteiger partial charge < -0.3 is 15.3 Å². The maximum Gasteiger partial charge on any atom is 0.303 e. The first-order chi connectivity index (χ1) is 13.3. The zero-order chi connectivity index (χ0) is 21.0. The van der Waals surface area contributed by atoms with Crippen LogP contribution in [-0.4, -0.2) is 38.8 Å². The first kappa shape index (κ1) is 24.3. The SMILES string of the molecule is C=CC(O)(CC=C[C@H]1C(=O)C[C@H](O)[C@@H]1CC=CCCCC(=O)O)CCCCC. The number of aliphatic hydroxyl groups excluding tert-OH is 1. The van der Waals surface area contributed by atoms with Crippen LogP contribution in [0, 0.1) is 11.8 Å². The molecule has 158 valence electrons. The molecule has 5 nitrogen and oxygen atoms in total. The van der Waals surface area contributed by atoms with Crippen molar-refractivity contribution < 1.29 is 24.9 Å². The molecule has 0 radical (unpaired) electrons. The van der Waals surface area contributed by atoms with Crippen LogP contribution >= 0.6 is 0 Å². The van der Waals surface area contributed by atoms with Crippen molar-refractivity contribution in [1.82, 2.24) is 0 Å². The molecule has 1 aliphatic rings. The van der Waals surface area contributed by atoms with E-state index in [1.807, 2.05) is 24.3 Å². The Labute approximate surface area is 168 Å². The van der Waals surface area contributed by atoms with Gasteiger partial charge in [-0.3, -0.25) is 9.59 Å². The minimum atomic E-state index is -0.953. The standard InChI is InChI=1S/C23H36O5/c1-3-5-10-15-23(28,4-2)16-11-13-19-18(20(24)17-21(19)25)12-8-6-7-9-14-22(26)27/h4,6,8,11,13,18-20,24,28H,2-3,5,7,9-10,12,14-17H2,1H3,(H,26,27)/t18-,19-,20+,23?/m1/s1. The monoisotopic (exact) mass is 392 g/mol. The predicted molar refractivity (Wildman–Crippen MR) is 111 cm³/mol. The summed E-state index contributed by atoms with van der Waals surface area (Å²) in [5.41, 5.74) is -0.953. The van der Waals surface area contributed by atoms with E-state index in [1.165, 1.54) is 0 Å². The van der Waals surface area contributed by atoms with Gasteiger partial charge in [0.15, 0.2) is 0 Å². The quantitative estimate of drug-likeness (QED) is 0.304. The number of unbranched alkanes of at least 4 members (excludes halogenated alkanes) is 3. The lowest BCUT2D eigenvalue weighted by atomic mass is 9.88. The van der Waals surface area contributed by atoms with Crippen LogP contribution < -0.4 is 0 Å². The molecule has 0 aromatic heterocycles. The minimum Gasteiger partial charge on any atom is -0.481 e. The molecule has 0 spiro atoms. The molecule has 5 heteroatoms. The molecule has 0 amide bonds. The summed E-state index contributed by atoms with van der Waals surface area (Å²) in [6.45, 7) is 5.86. The van der Waals surface area contributed by atoms with Crippen molar-refractivity contribution in [2.75, 3.05) is 0 Å². The highest BCUT2D eigenvalue weighted by atomic mass is 16.4. The fraction of sp³-hybridized carbons (Fsp3) is 0.652. The Bertz CT molecular complexity index is 565. The van der Waals surface area contributed by atoms with Crippen LogP contribution in [0.3, 0.4) is 0 Å². The number of ketones is 1. The zero-order valence-corrected chi connectivity index (χ0v) is 17.1. The number of aliphatic carboxylic acids is 1. The average molecular weight is 393 g/mol. The molecule has 4 atom stereocenters. The first-order valence-corrected chi connectivity index (χ1v) is 10.4. The van der Waals surface area contributed by atoms with Gasteiger partial charge in [0.05, 0.1) is 11.7 Å². The number of carboxylic acids is 1. The van der Waals surface area contributed by atoms with Crippen LogP contribution in [-0.2, 0) is 9.59 Å². The molecule has 1 rings (SSSR count). The van der Waals surface area contributed by atoms with Gasteiger partial charge in [-0.1, -0.05) is 56.6 Å². The molecule has 1 fully saturated rings. The molecule has 0 aromatic rings. The van der Waals surface area contributed by atoms with E-state index in [-0.39, 0.29) is 30.5 Å². The van der Waals surface area contributed by atoms with Crippen LogP contribution in [0.2, 0.25) is 0 Å². The number of carbonyl (C=O) groups excluding carboxylic acids is 1. The van der Waals surface area contributed by atoms with Gasteiger partial charge in [-0.25, -0.2) is 0 Å². The number of allylic oxidation sites excluding steroid dienone is 3. The van der Waals surface area contributed by atoms with Crippen LogP contribution in [0.15, 0.2) is 37.0 Å². The van der Waals surface area contributed by atoms with E-state index in [0.717, 1.165) is 19.3 Å². The molecule has 0 aromatic carbocycles. The van der Waals surface area contributed by atoms with Gasteiger partial charge in [0, 0.05) is 24.7 Å². The van der Waals surface area contributed by atoms with E-state index in [1.54, 1.807) is 6.08 Å². The third kappa shape index (κ3) is 8.53. The van der Waals surface area contributed by atoms with Crippen molar-refractivity contribution in [3.05, 3.63) is 37.0 Å². The number of hydrogen-bond acceptors (Lipinski definition) is 4. The molecular formula is C23H36O5. The molecule has 1 aliphatic carbocycles. The van der Waals surface area contributed by atoms with Crippen molar-refractivity contribution >= 4 is 11.8 Å². The molecule has 3 N–H and O–H groups in total. The number of carbonyl (C=O) groups is 2. The van der Waals surface area contributed by atoms with Gasteiger partial charge in [0.2, 0.25) is 0 Å². The first-order valence-electron chi connectivity index (χ1n) is 10.4.